The molecule has 1 N–H and O–H groups in total. The first-order chi connectivity index (χ1) is 13.9. The molecule has 1 amide bonds. The molecule has 0 aliphatic carbocycles. The summed E-state index contributed by atoms with van der Waals surface area (Å²) in [6.07, 6.45) is 2.01. The number of sulfonamides is 1. The summed E-state index contributed by atoms with van der Waals surface area (Å²) in [7, 11) is -3.49. The first-order valence-electron chi connectivity index (χ1n) is 9.97. The van der Waals surface area contributed by atoms with Crippen LogP contribution in [0.1, 0.15) is 30.9 Å². The van der Waals surface area contributed by atoms with Crippen LogP contribution in [0.3, 0.4) is 0 Å². The van der Waals surface area contributed by atoms with Gasteiger partial charge in [-0.05, 0) is 49.9 Å². The van der Waals surface area contributed by atoms with Crippen molar-refractivity contribution in [1.29, 1.82) is 0 Å². The highest BCUT2D eigenvalue weighted by molar-refractivity contribution is 7.89. The summed E-state index contributed by atoms with van der Waals surface area (Å²) in [5.74, 6) is 0.542. The predicted octanol–water partition coefficient (Wildman–Crippen LogP) is 2.91. The molecule has 3 rings (SSSR count). The minimum Gasteiger partial charge on any atom is -0.483 e. The highest BCUT2D eigenvalue weighted by Crippen LogP contribution is 2.21. The number of nitrogens with one attached hydrogen (secondary N) is 1. The number of piperidine rings is 1. The molecule has 2 aromatic rings. The topological polar surface area (TPSA) is 75.7 Å². The third-order valence-corrected chi connectivity index (χ3v) is 7.10. The zero-order chi connectivity index (χ0) is 20.9. The fraction of sp³-hybridized carbons (Fsp3) is 0.409. The number of aryl methyl sites for hydroxylation is 2. The molecule has 6 nitrogen and oxygen atoms in total. The lowest BCUT2D eigenvalue weighted by atomic mass is 10.1. The number of carbonyl (C=O) groups excluding carboxylic acids is 1. The molecule has 0 aromatic heterocycles. The molecule has 2 aromatic carbocycles. The van der Waals surface area contributed by atoms with E-state index in [9.17, 15) is 13.2 Å². The number of hydrogen-bond acceptors (Lipinski definition) is 4. The highest BCUT2D eigenvalue weighted by Gasteiger charge is 2.29. The van der Waals surface area contributed by atoms with Gasteiger partial charge in [-0.3, -0.25) is 4.79 Å². The number of rotatable bonds is 7. The Kier molecular flexibility index (Phi) is 6.92. The van der Waals surface area contributed by atoms with Crippen LogP contribution in [-0.4, -0.2) is 44.4 Å². The number of para-hydroxylation sites is 1. The summed E-state index contributed by atoms with van der Waals surface area (Å²) in [6.45, 7) is 4.70. The zero-order valence-corrected chi connectivity index (χ0v) is 17.7. The molecule has 29 heavy (non-hydrogen) atoms. The van der Waals surface area contributed by atoms with Gasteiger partial charge in [-0.2, -0.15) is 4.31 Å². The molecule has 0 spiro atoms. The van der Waals surface area contributed by atoms with Crippen molar-refractivity contribution in [3.05, 3.63) is 59.7 Å². The van der Waals surface area contributed by atoms with Gasteiger partial charge in [-0.1, -0.05) is 42.8 Å². The van der Waals surface area contributed by atoms with Gasteiger partial charge < -0.3 is 10.1 Å². The predicted molar refractivity (Wildman–Crippen MR) is 112 cm³/mol. The molecule has 1 saturated heterocycles. The minimum absolute atomic E-state index is 0.0428. The van der Waals surface area contributed by atoms with Crippen molar-refractivity contribution >= 4 is 15.9 Å². The van der Waals surface area contributed by atoms with E-state index in [0.717, 1.165) is 23.3 Å². The summed E-state index contributed by atoms with van der Waals surface area (Å²) in [6, 6.07) is 14.5. The Morgan fingerprint density at radius 3 is 2.41 bits per heavy atom. The molecule has 156 valence electrons. The van der Waals surface area contributed by atoms with Gasteiger partial charge in [0.05, 0.1) is 4.90 Å². The van der Waals surface area contributed by atoms with Crippen LogP contribution in [-0.2, 0) is 21.2 Å². The number of benzene rings is 2. The molecule has 0 radical (unpaired) electrons. The van der Waals surface area contributed by atoms with Gasteiger partial charge in [0.25, 0.3) is 5.91 Å². The smallest absolute Gasteiger partial charge is 0.258 e. The normalized spacial score (nSPS) is 15.8. The summed E-state index contributed by atoms with van der Waals surface area (Å²) in [5, 5.41) is 2.96. The molecule has 1 fully saturated rings. The van der Waals surface area contributed by atoms with Gasteiger partial charge in [0.15, 0.2) is 6.61 Å². The Hall–Kier alpha value is -2.38. The second-order valence-corrected chi connectivity index (χ2v) is 9.25. The van der Waals surface area contributed by atoms with Crippen molar-refractivity contribution in [3.8, 4) is 5.75 Å². The van der Waals surface area contributed by atoms with Crippen LogP contribution < -0.4 is 10.1 Å². The van der Waals surface area contributed by atoms with Crippen LogP contribution in [0.4, 0.5) is 0 Å². The zero-order valence-electron chi connectivity index (χ0n) is 16.9. The Labute approximate surface area is 172 Å². The van der Waals surface area contributed by atoms with Crippen molar-refractivity contribution in [2.24, 2.45) is 0 Å². The molecule has 7 heteroatoms. The lowest BCUT2D eigenvalue weighted by Gasteiger charge is -2.31. The monoisotopic (exact) mass is 416 g/mol. The van der Waals surface area contributed by atoms with E-state index in [0.29, 0.717) is 30.8 Å². The second kappa shape index (κ2) is 9.41. The van der Waals surface area contributed by atoms with Gasteiger partial charge >= 0.3 is 0 Å². The molecule has 0 saturated carbocycles. The van der Waals surface area contributed by atoms with Crippen LogP contribution >= 0.6 is 0 Å². The Morgan fingerprint density at radius 2 is 1.76 bits per heavy atom. The molecule has 0 atom stereocenters. The summed E-state index contributed by atoms with van der Waals surface area (Å²) in [5.41, 5.74) is 2.09. The first kappa shape index (κ1) is 21.3. The molecule has 1 heterocycles. The number of carbonyl (C=O) groups is 1. The summed E-state index contributed by atoms with van der Waals surface area (Å²) in [4.78, 5) is 12.6. The third-order valence-electron chi connectivity index (χ3n) is 5.19. The number of ether oxygens (including phenoxy) is 1. The van der Waals surface area contributed by atoms with Gasteiger partial charge in [-0.15, -0.1) is 0 Å². The average molecular weight is 417 g/mol. The van der Waals surface area contributed by atoms with Crippen LogP contribution in [0, 0.1) is 6.92 Å². The summed E-state index contributed by atoms with van der Waals surface area (Å²) < 4.78 is 32.7. The van der Waals surface area contributed by atoms with E-state index in [1.807, 2.05) is 38.1 Å². The molecule has 1 aliphatic heterocycles. The molecular formula is C22H28N2O4S. The molecular weight excluding hydrogens is 388 g/mol. The van der Waals surface area contributed by atoms with E-state index in [4.69, 9.17) is 4.74 Å². The van der Waals surface area contributed by atoms with Crippen molar-refractivity contribution in [2.45, 2.75) is 44.0 Å². The largest absolute Gasteiger partial charge is 0.483 e. The first-order valence-corrected chi connectivity index (χ1v) is 11.4. The Bertz CT molecular complexity index is 934. The van der Waals surface area contributed by atoms with E-state index in [2.05, 4.69) is 5.32 Å². The van der Waals surface area contributed by atoms with E-state index in [-0.39, 0.29) is 18.6 Å². The Balaban J connectivity index is 1.49. The van der Waals surface area contributed by atoms with Gasteiger partial charge in [0, 0.05) is 19.1 Å². The van der Waals surface area contributed by atoms with Crippen molar-refractivity contribution in [1.82, 2.24) is 9.62 Å². The molecule has 0 bridgehead atoms. The van der Waals surface area contributed by atoms with E-state index in [1.54, 1.807) is 24.3 Å². The highest BCUT2D eigenvalue weighted by atomic mass is 32.2. The van der Waals surface area contributed by atoms with Crippen LogP contribution in [0.25, 0.3) is 0 Å². The van der Waals surface area contributed by atoms with Crippen molar-refractivity contribution in [2.75, 3.05) is 19.7 Å². The SMILES string of the molecule is CCc1ccccc1OCC(=O)NC1CCN(S(=O)(=O)c2ccc(C)cc2)CC1. The molecule has 1 aliphatic rings. The fourth-order valence-electron chi connectivity index (χ4n) is 3.45. The maximum absolute atomic E-state index is 12.8. The standard InChI is InChI=1S/C22H28N2O4S/c1-3-18-6-4-5-7-21(18)28-16-22(25)23-19-12-14-24(15-13-19)29(26,27)20-10-8-17(2)9-11-20/h4-11,19H,3,12-16H2,1-2H3,(H,23,25). The van der Waals surface area contributed by atoms with E-state index >= 15 is 0 Å². The van der Waals surface area contributed by atoms with Crippen LogP contribution in [0.15, 0.2) is 53.4 Å². The maximum atomic E-state index is 12.8. The second-order valence-electron chi connectivity index (χ2n) is 7.31. The van der Waals surface area contributed by atoms with Crippen LogP contribution in [0.2, 0.25) is 0 Å². The Morgan fingerprint density at radius 1 is 1.10 bits per heavy atom. The lowest BCUT2D eigenvalue weighted by molar-refractivity contribution is -0.124. The quantitative estimate of drug-likeness (QED) is 0.753. The number of hydrogen-bond donors (Lipinski definition) is 1. The van der Waals surface area contributed by atoms with Gasteiger partial charge in [0.1, 0.15) is 5.75 Å². The average Bonchev–Trinajstić information content (AvgIpc) is 2.73. The maximum Gasteiger partial charge on any atom is 0.258 e. The number of nitrogens with zero attached hydrogens (tertiary/aromatic N) is 1. The van der Waals surface area contributed by atoms with Gasteiger partial charge in [-0.25, -0.2) is 8.42 Å². The van der Waals surface area contributed by atoms with Crippen molar-refractivity contribution < 1.29 is 17.9 Å². The minimum atomic E-state index is -3.49. The van der Waals surface area contributed by atoms with Crippen molar-refractivity contribution in [3.63, 3.8) is 0 Å². The van der Waals surface area contributed by atoms with E-state index < -0.39 is 10.0 Å². The third kappa shape index (κ3) is 5.36. The summed E-state index contributed by atoms with van der Waals surface area (Å²) >= 11 is 0. The van der Waals surface area contributed by atoms with E-state index in [1.165, 1.54) is 4.31 Å². The van der Waals surface area contributed by atoms with Crippen LogP contribution in [0.5, 0.6) is 5.75 Å². The number of amides is 1. The fourth-order valence-corrected chi connectivity index (χ4v) is 4.92. The lowest BCUT2D eigenvalue weighted by Crippen LogP contribution is -2.47. The van der Waals surface area contributed by atoms with Gasteiger partial charge in [0.2, 0.25) is 10.0 Å². The molecule has 0 unspecified atom stereocenters.